The summed E-state index contributed by atoms with van der Waals surface area (Å²) in [5.41, 5.74) is -0.00166. The van der Waals surface area contributed by atoms with Crippen LogP contribution in [0.4, 0.5) is 8.78 Å². The fourth-order valence-corrected chi connectivity index (χ4v) is 5.08. The highest BCUT2D eigenvalue weighted by Gasteiger charge is 2.56. The Morgan fingerprint density at radius 1 is 1.12 bits per heavy atom. The molecule has 0 aromatic rings. The number of hydrogen-bond acceptors (Lipinski definition) is 4. The summed E-state index contributed by atoms with van der Waals surface area (Å²) in [4.78, 5) is 18.8. The zero-order valence-corrected chi connectivity index (χ0v) is 14.3. The number of amides is 1. The molecular formula is C17H27F2N3O2. The summed E-state index contributed by atoms with van der Waals surface area (Å²) in [6.45, 7) is 7.26. The molecule has 4 fully saturated rings. The molecule has 0 bridgehead atoms. The summed E-state index contributed by atoms with van der Waals surface area (Å²) in [6, 6.07) is 0.552. The lowest BCUT2D eigenvalue weighted by molar-refractivity contribution is -0.183. The first-order valence-electron chi connectivity index (χ1n) is 9.10. The Balaban J connectivity index is 1.43. The molecule has 0 unspecified atom stereocenters. The first-order chi connectivity index (χ1) is 11.4. The number of carbonyl (C=O) groups excluding carboxylic acids is 1. The molecule has 5 nitrogen and oxygen atoms in total. The van der Waals surface area contributed by atoms with E-state index in [1.807, 2.05) is 4.90 Å². The van der Waals surface area contributed by atoms with Gasteiger partial charge in [0.1, 0.15) is 0 Å². The lowest BCUT2D eigenvalue weighted by atomic mass is 9.79. The third kappa shape index (κ3) is 2.84. The Bertz CT molecular complexity index is 500. The number of carbonyl (C=O) groups is 1. The molecule has 24 heavy (non-hydrogen) atoms. The van der Waals surface area contributed by atoms with Gasteiger partial charge in [0.05, 0.1) is 24.8 Å². The third-order valence-corrected chi connectivity index (χ3v) is 6.40. The summed E-state index contributed by atoms with van der Waals surface area (Å²) < 4.78 is 32.4. The van der Waals surface area contributed by atoms with Gasteiger partial charge in [-0.1, -0.05) is 0 Å². The van der Waals surface area contributed by atoms with Crippen molar-refractivity contribution in [3.63, 3.8) is 0 Å². The van der Waals surface area contributed by atoms with Crippen molar-refractivity contribution in [2.24, 2.45) is 0 Å². The zero-order valence-electron chi connectivity index (χ0n) is 14.3. The van der Waals surface area contributed by atoms with E-state index in [0.29, 0.717) is 19.4 Å². The minimum Gasteiger partial charge on any atom is -0.378 e. The van der Waals surface area contributed by atoms with Gasteiger partial charge in [-0.05, 0) is 12.8 Å². The van der Waals surface area contributed by atoms with E-state index in [1.165, 1.54) is 0 Å². The van der Waals surface area contributed by atoms with Crippen molar-refractivity contribution < 1.29 is 18.3 Å². The van der Waals surface area contributed by atoms with Crippen LogP contribution in [0.1, 0.15) is 32.6 Å². The van der Waals surface area contributed by atoms with Crippen molar-refractivity contribution in [2.75, 3.05) is 45.9 Å². The number of nitrogens with zero attached hydrogens (tertiary/aromatic N) is 3. The van der Waals surface area contributed by atoms with E-state index < -0.39 is 5.92 Å². The Kier molecular flexibility index (Phi) is 4.09. The maximum Gasteiger partial charge on any atom is 0.248 e. The standard InChI is InChI=1S/C17H27F2N3O2/c1-13(23)20-8-15-9-24-7-6-22(15)16(10-20)11-21(12-16)14-2-4-17(18,19)5-3-14/h14-15H,2-12H2,1H3/t15-/m1/s1. The van der Waals surface area contributed by atoms with Crippen molar-refractivity contribution in [3.05, 3.63) is 0 Å². The number of hydrogen-bond donors (Lipinski definition) is 0. The molecular weight excluding hydrogens is 316 g/mol. The van der Waals surface area contributed by atoms with Crippen LogP contribution < -0.4 is 0 Å². The zero-order chi connectivity index (χ0) is 16.9. The molecule has 1 aliphatic carbocycles. The second-order valence-corrected chi connectivity index (χ2v) is 8.04. The number of likely N-dealkylation sites (tertiary alicyclic amines) is 1. The van der Waals surface area contributed by atoms with E-state index in [1.54, 1.807) is 6.92 Å². The molecule has 1 saturated carbocycles. The number of morpholine rings is 1. The predicted octanol–water partition coefficient (Wildman–Crippen LogP) is 1.18. The highest BCUT2D eigenvalue weighted by molar-refractivity contribution is 5.73. The van der Waals surface area contributed by atoms with Crippen LogP contribution in [0.25, 0.3) is 0 Å². The first-order valence-corrected chi connectivity index (χ1v) is 9.10. The van der Waals surface area contributed by atoms with Crippen LogP contribution in [-0.4, -0.2) is 90.1 Å². The first kappa shape index (κ1) is 16.7. The van der Waals surface area contributed by atoms with Crippen LogP contribution in [0.15, 0.2) is 0 Å². The Labute approximate surface area is 141 Å². The molecule has 1 amide bonds. The second kappa shape index (κ2) is 5.88. The quantitative estimate of drug-likeness (QED) is 0.716. The highest BCUT2D eigenvalue weighted by Crippen LogP contribution is 2.41. The predicted molar refractivity (Wildman–Crippen MR) is 85.1 cm³/mol. The van der Waals surface area contributed by atoms with Crippen LogP contribution in [0.2, 0.25) is 0 Å². The Hall–Kier alpha value is -0.790. The van der Waals surface area contributed by atoms with Crippen molar-refractivity contribution in [3.8, 4) is 0 Å². The van der Waals surface area contributed by atoms with Gasteiger partial charge >= 0.3 is 0 Å². The molecule has 3 saturated heterocycles. The Morgan fingerprint density at radius 2 is 1.83 bits per heavy atom. The fourth-order valence-electron chi connectivity index (χ4n) is 5.08. The molecule has 0 aromatic carbocycles. The molecule has 0 aromatic heterocycles. The lowest BCUT2D eigenvalue weighted by Gasteiger charge is -2.64. The average molecular weight is 343 g/mol. The van der Waals surface area contributed by atoms with Gasteiger partial charge in [0.2, 0.25) is 11.8 Å². The minimum atomic E-state index is -2.47. The highest BCUT2D eigenvalue weighted by atomic mass is 19.3. The Morgan fingerprint density at radius 3 is 2.50 bits per heavy atom. The molecule has 0 radical (unpaired) electrons. The van der Waals surface area contributed by atoms with Gasteiger partial charge in [-0.25, -0.2) is 8.78 Å². The SMILES string of the molecule is CC(=O)N1C[C@@H]2COCCN2C2(C1)CN(C1CCC(F)(F)CC1)C2. The molecule has 1 atom stereocenters. The average Bonchev–Trinajstić information content (AvgIpc) is 2.52. The smallest absolute Gasteiger partial charge is 0.248 e. The van der Waals surface area contributed by atoms with Crippen molar-refractivity contribution in [1.82, 2.24) is 14.7 Å². The number of ether oxygens (including phenoxy) is 1. The normalized spacial score (nSPS) is 34.0. The van der Waals surface area contributed by atoms with E-state index in [4.69, 9.17) is 4.74 Å². The number of alkyl halides is 2. The van der Waals surface area contributed by atoms with Gasteiger partial charge in [0.15, 0.2) is 0 Å². The van der Waals surface area contributed by atoms with Gasteiger partial charge in [0.25, 0.3) is 0 Å². The molecule has 4 rings (SSSR count). The van der Waals surface area contributed by atoms with Crippen LogP contribution in [0, 0.1) is 0 Å². The van der Waals surface area contributed by atoms with E-state index in [9.17, 15) is 13.6 Å². The number of piperazine rings is 1. The van der Waals surface area contributed by atoms with Crippen LogP contribution in [0.3, 0.4) is 0 Å². The van der Waals surface area contributed by atoms with Gasteiger partial charge in [0, 0.05) is 58.5 Å². The van der Waals surface area contributed by atoms with E-state index >= 15 is 0 Å². The van der Waals surface area contributed by atoms with E-state index in [2.05, 4.69) is 9.80 Å². The van der Waals surface area contributed by atoms with E-state index in [-0.39, 0.29) is 36.4 Å². The lowest BCUT2D eigenvalue weighted by Crippen LogP contribution is -2.81. The van der Waals surface area contributed by atoms with Crippen molar-refractivity contribution in [2.45, 2.75) is 56.2 Å². The maximum atomic E-state index is 13.4. The maximum absolute atomic E-state index is 13.4. The van der Waals surface area contributed by atoms with Crippen molar-refractivity contribution >= 4 is 5.91 Å². The summed E-state index contributed by atoms with van der Waals surface area (Å²) in [5, 5.41) is 0. The fraction of sp³-hybridized carbons (Fsp3) is 0.941. The summed E-state index contributed by atoms with van der Waals surface area (Å²) in [7, 11) is 0. The molecule has 1 spiro atoms. The van der Waals surface area contributed by atoms with Gasteiger partial charge in [-0.15, -0.1) is 0 Å². The largest absolute Gasteiger partial charge is 0.378 e. The van der Waals surface area contributed by atoms with Gasteiger partial charge < -0.3 is 9.64 Å². The molecule has 7 heteroatoms. The molecule has 3 heterocycles. The topological polar surface area (TPSA) is 36.0 Å². The van der Waals surface area contributed by atoms with Gasteiger partial charge in [-0.2, -0.15) is 0 Å². The molecule has 3 aliphatic heterocycles. The minimum absolute atomic E-state index is 0.00166. The monoisotopic (exact) mass is 343 g/mol. The third-order valence-electron chi connectivity index (χ3n) is 6.40. The number of fused-ring (bicyclic) bond motifs is 2. The summed E-state index contributed by atoms with van der Waals surface area (Å²) in [6.07, 6.45) is 1.21. The van der Waals surface area contributed by atoms with Crippen LogP contribution in [0.5, 0.6) is 0 Å². The van der Waals surface area contributed by atoms with E-state index in [0.717, 1.165) is 39.3 Å². The van der Waals surface area contributed by atoms with Crippen molar-refractivity contribution in [1.29, 1.82) is 0 Å². The summed E-state index contributed by atoms with van der Waals surface area (Å²) in [5.74, 6) is -2.35. The van der Waals surface area contributed by atoms with Gasteiger partial charge in [-0.3, -0.25) is 14.6 Å². The summed E-state index contributed by atoms with van der Waals surface area (Å²) >= 11 is 0. The second-order valence-electron chi connectivity index (χ2n) is 8.04. The molecule has 0 N–H and O–H groups in total. The molecule has 136 valence electrons. The molecule has 4 aliphatic rings. The van der Waals surface area contributed by atoms with Crippen LogP contribution in [-0.2, 0) is 9.53 Å². The number of halogens is 2. The van der Waals surface area contributed by atoms with Crippen LogP contribution >= 0.6 is 0 Å². The number of rotatable bonds is 1.